The van der Waals surface area contributed by atoms with Crippen molar-refractivity contribution in [2.75, 3.05) is 7.05 Å². The van der Waals surface area contributed by atoms with E-state index in [4.69, 9.17) is 0 Å². The summed E-state index contributed by atoms with van der Waals surface area (Å²) in [5, 5.41) is 11.0. The minimum absolute atomic E-state index is 0.103. The Morgan fingerprint density at radius 1 is 0.708 bits per heavy atom. The van der Waals surface area contributed by atoms with Crippen LogP contribution in [0.5, 0.6) is 0 Å². The molecule has 2 heteroatoms. The fraction of sp³-hybridized carbons (Fsp3) is 0.182. The topological polar surface area (TPSA) is 23.5 Å². The van der Waals surface area contributed by atoms with Gasteiger partial charge in [0.05, 0.1) is 12.1 Å². The van der Waals surface area contributed by atoms with Crippen LogP contribution in [0.4, 0.5) is 0 Å². The molecular weight excluding hydrogens is 294 g/mol. The normalized spacial score (nSPS) is 13.6. The van der Waals surface area contributed by atoms with Crippen molar-refractivity contribution in [3.05, 3.63) is 108 Å². The number of hydrogen-bond donors (Lipinski definition) is 1. The van der Waals surface area contributed by atoms with Crippen molar-refractivity contribution in [1.29, 1.82) is 0 Å². The second-order valence-corrected chi connectivity index (χ2v) is 6.11. The summed E-state index contributed by atoms with van der Waals surface area (Å²) in [6.45, 7) is 0.782. The van der Waals surface area contributed by atoms with Gasteiger partial charge in [0.1, 0.15) is 0 Å². The smallest absolute Gasteiger partial charge is 0.0986 e. The van der Waals surface area contributed by atoms with Crippen molar-refractivity contribution in [1.82, 2.24) is 4.90 Å². The summed E-state index contributed by atoms with van der Waals surface area (Å²) in [6.07, 6.45) is -0.581. The first kappa shape index (κ1) is 16.4. The third-order valence-corrected chi connectivity index (χ3v) is 4.33. The van der Waals surface area contributed by atoms with E-state index in [9.17, 15) is 5.11 Å². The Morgan fingerprint density at radius 2 is 1.17 bits per heavy atom. The lowest BCUT2D eigenvalue weighted by atomic mass is 9.94. The highest BCUT2D eigenvalue weighted by Crippen LogP contribution is 2.34. The zero-order chi connectivity index (χ0) is 16.8. The van der Waals surface area contributed by atoms with Crippen molar-refractivity contribution >= 4 is 0 Å². The largest absolute Gasteiger partial charge is 0.386 e. The lowest BCUT2D eigenvalue weighted by molar-refractivity contribution is 0.0579. The van der Waals surface area contributed by atoms with Crippen LogP contribution in [0.15, 0.2) is 91.0 Å². The number of likely N-dealkylation sites (N-methyl/N-ethyl adjacent to an activating group) is 1. The third-order valence-electron chi connectivity index (χ3n) is 4.33. The van der Waals surface area contributed by atoms with Crippen LogP contribution in [-0.4, -0.2) is 17.1 Å². The molecule has 2 nitrogen and oxygen atoms in total. The van der Waals surface area contributed by atoms with Crippen molar-refractivity contribution in [2.45, 2.75) is 18.7 Å². The van der Waals surface area contributed by atoms with Gasteiger partial charge in [-0.1, -0.05) is 91.0 Å². The van der Waals surface area contributed by atoms with Crippen molar-refractivity contribution < 1.29 is 5.11 Å². The number of benzene rings is 3. The van der Waals surface area contributed by atoms with Crippen LogP contribution in [0.2, 0.25) is 0 Å². The Hall–Kier alpha value is -2.42. The summed E-state index contributed by atoms with van der Waals surface area (Å²) in [4.78, 5) is 2.21. The monoisotopic (exact) mass is 317 g/mol. The lowest BCUT2D eigenvalue weighted by Gasteiger charge is -2.32. The molecule has 3 rings (SSSR count). The van der Waals surface area contributed by atoms with E-state index in [1.807, 2.05) is 66.7 Å². The van der Waals surface area contributed by atoms with Gasteiger partial charge in [-0.25, -0.2) is 0 Å². The van der Waals surface area contributed by atoms with Crippen LogP contribution in [0, 0.1) is 0 Å². The number of nitrogens with zero attached hydrogens (tertiary/aromatic N) is 1. The van der Waals surface area contributed by atoms with Gasteiger partial charge in [0.15, 0.2) is 0 Å². The first-order valence-electron chi connectivity index (χ1n) is 8.28. The van der Waals surface area contributed by atoms with Gasteiger partial charge in [-0.2, -0.15) is 0 Å². The molecule has 24 heavy (non-hydrogen) atoms. The van der Waals surface area contributed by atoms with E-state index in [2.05, 4.69) is 36.2 Å². The van der Waals surface area contributed by atoms with Crippen LogP contribution >= 0.6 is 0 Å². The lowest BCUT2D eigenvalue weighted by Crippen LogP contribution is -2.29. The molecule has 0 unspecified atom stereocenters. The van der Waals surface area contributed by atoms with Gasteiger partial charge in [-0.15, -0.1) is 0 Å². The molecule has 3 aromatic carbocycles. The van der Waals surface area contributed by atoms with E-state index in [1.54, 1.807) is 0 Å². The Bertz CT molecular complexity index is 728. The molecular formula is C22H23NO. The summed E-state index contributed by atoms with van der Waals surface area (Å²) in [6, 6.07) is 30.4. The molecule has 0 saturated carbocycles. The van der Waals surface area contributed by atoms with E-state index in [0.717, 1.165) is 17.7 Å². The maximum Gasteiger partial charge on any atom is 0.0986 e. The number of hydrogen-bond acceptors (Lipinski definition) is 2. The van der Waals surface area contributed by atoms with E-state index in [1.165, 1.54) is 5.56 Å². The van der Waals surface area contributed by atoms with Gasteiger partial charge < -0.3 is 5.11 Å². The molecule has 1 N–H and O–H groups in total. The molecule has 0 aliphatic carbocycles. The van der Waals surface area contributed by atoms with Crippen LogP contribution in [-0.2, 0) is 6.54 Å². The summed E-state index contributed by atoms with van der Waals surface area (Å²) in [7, 11) is 2.07. The number of rotatable bonds is 6. The molecule has 0 saturated heterocycles. The fourth-order valence-electron chi connectivity index (χ4n) is 3.13. The second-order valence-electron chi connectivity index (χ2n) is 6.11. The van der Waals surface area contributed by atoms with Gasteiger partial charge in [0.2, 0.25) is 0 Å². The molecule has 0 aliphatic rings. The molecule has 0 spiro atoms. The molecule has 0 radical (unpaired) electrons. The molecule has 0 fully saturated rings. The number of aliphatic hydroxyl groups excluding tert-OH is 1. The standard InChI is InChI=1S/C22H23NO/c1-23(17-18-11-5-2-6-12-18)21(19-13-7-3-8-14-19)22(24)20-15-9-4-10-16-20/h2-16,21-22,24H,17H2,1H3/t21-,22-/m0/s1. The van der Waals surface area contributed by atoms with Gasteiger partial charge in [-0.05, 0) is 23.7 Å². The van der Waals surface area contributed by atoms with Gasteiger partial charge in [-0.3, -0.25) is 4.90 Å². The van der Waals surface area contributed by atoms with Crippen LogP contribution in [0.1, 0.15) is 28.8 Å². The van der Waals surface area contributed by atoms with Crippen LogP contribution in [0.3, 0.4) is 0 Å². The maximum absolute atomic E-state index is 11.0. The Kier molecular flexibility index (Phi) is 5.42. The van der Waals surface area contributed by atoms with Crippen molar-refractivity contribution in [3.8, 4) is 0 Å². The second kappa shape index (κ2) is 7.91. The summed E-state index contributed by atoms with van der Waals surface area (Å²) >= 11 is 0. The SMILES string of the molecule is CN(Cc1ccccc1)[C@@H](c1ccccc1)[C@@H](O)c1ccccc1. The average molecular weight is 317 g/mol. The first-order chi connectivity index (χ1) is 11.8. The predicted molar refractivity (Wildman–Crippen MR) is 98.5 cm³/mol. The zero-order valence-corrected chi connectivity index (χ0v) is 13.9. The average Bonchev–Trinajstić information content (AvgIpc) is 2.64. The highest BCUT2D eigenvalue weighted by molar-refractivity contribution is 5.27. The van der Waals surface area contributed by atoms with Gasteiger partial charge in [0.25, 0.3) is 0 Å². The third kappa shape index (κ3) is 3.91. The molecule has 122 valence electrons. The van der Waals surface area contributed by atoms with E-state index in [0.29, 0.717) is 0 Å². The fourth-order valence-corrected chi connectivity index (χ4v) is 3.13. The quantitative estimate of drug-likeness (QED) is 0.718. The van der Waals surface area contributed by atoms with E-state index in [-0.39, 0.29) is 6.04 Å². The molecule has 2 atom stereocenters. The van der Waals surface area contributed by atoms with Crippen LogP contribution in [0.25, 0.3) is 0 Å². The van der Waals surface area contributed by atoms with Gasteiger partial charge in [0, 0.05) is 6.54 Å². The Morgan fingerprint density at radius 3 is 1.71 bits per heavy atom. The molecule has 0 aromatic heterocycles. The Balaban J connectivity index is 1.90. The molecule has 0 heterocycles. The van der Waals surface area contributed by atoms with E-state index < -0.39 is 6.10 Å². The highest BCUT2D eigenvalue weighted by Gasteiger charge is 2.26. The first-order valence-corrected chi connectivity index (χ1v) is 8.28. The zero-order valence-electron chi connectivity index (χ0n) is 13.9. The molecule has 0 amide bonds. The predicted octanol–water partition coefficient (Wildman–Crippen LogP) is 4.59. The molecule has 3 aromatic rings. The van der Waals surface area contributed by atoms with E-state index >= 15 is 0 Å². The van der Waals surface area contributed by atoms with Crippen LogP contribution < -0.4 is 0 Å². The maximum atomic E-state index is 11.0. The minimum Gasteiger partial charge on any atom is -0.386 e. The number of aliphatic hydroxyl groups is 1. The van der Waals surface area contributed by atoms with Gasteiger partial charge >= 0.3 is 0 Å². The van der Waals surface area contributed by atoms with Crippen molar-refractivity contribution in [3.63, 3.8) is 0 Å². The van der Waals surface area contributed by atoms with Crippen molar-refractivity contribution in [2.24, 2.45) is 0 Å². The highest BCUT2D eigenvalue weighted by atomic mass is 16.3. The summed E-state index contributed by atoms with van der Waals surface area (Å²) < 4.78 is 0. The molecule has 0 aliphatic heterocycles. The summed E-state index contributed by atoms with van der Waals surface area (Å²) in [5.41, 5.74) is 3.29. The minimum atomic E-state index is -0.581. The Labute approximate surface area is 144 Å². The molecule has 0 bridgehead atoms. The summed E-state index contributed by atoms with van der Waals surface area (Å²) in [5.74, 6) is 0.